The monoisotopic (exact) mass is 296 g/mol. The largest absolute Gasteiger partial charge is 0.368 e. The van der Waals surface area contributed by atoms with E-state index in [0.717, 1.165) is 32.0 Å². The van der Waals surface area contributed by atoms with Crippen LogP contribution in [-0.4, -0.2) is 49.7 Å². The maximum absolute atomic E-state index is 11.8. The highest BCUT2D eigenvalue weighted by atomic mass is 16.5. The number of hydrogen-bond donors (Lipinski definition) is 1. The fourth-order valence-corrected chi connectivity index (χ4v) is 2.79. The summed E-state index contributed by atoms with van der Waals surface area (Å²) >= 11 is 0. The summed E-state index contributed by atoms with van der Waals surface area (Å²) in [6, 6.07) is 0.746. The molecule has 0 aromatic heterocycles. The number of rotatable bonds is 10. The van der Waals surface area contributed by atoms with Crippen molar-refractivity contribution in [3.63, 3.8) is 0 Å². The minimum absolute atomic E-state index is 0.0145. The topological polar surface area (TPSA) is 41.6 Å². The number of amides is 1. The Hall–Kier alpha value is -0.870. The van der Waals surface area contributed by atoms with E-state index < -0.39 is 0 Å². The second-order valence-electron chi connectivity index (χ2n) is 6.01. The summed E-state index contributed by atoms with van der Waals surface area (Å²) in [6.45, 7) is 7.77. The van der Waals surface area contributed by atoms with E-state index in [1.807, 2.05) is 0 Å². The summed E-state index contributed by atoms with van der Waals surface area (Å²) in [6.07, 6.45) is 9.99. The van der Waals surface area contributed by atoms with E-state index in [-0.39, 0.29) is 12.0 Å². The highest BCUT2D eigenvalue weighted by Gasteiger charge is 2.17. The maximum Gasteiger partial charge on any atom is 0.248 e. The molecular formula is C17H32N2O2. The van der Waals surface area contributed by atoms with Crippen LogP contribution in [0.4, 0.5) is 0 Å². The van der Waals surface area contributed by atoms with Crippen LogP contribution in [0.15, 0.2) is 12.7 Å². The van der Waals surface area contributed by atoms with E-state index >= 15 is 0 Å². The van der Waals surface area contributed by atoms with Crippen LogP contribution in [0.5, 0.6) is 0 Å². The molecule has 1 atom stereocenters. The molecule has 0 heterocycles. The predicted octanol–water partition coefficient (Wildman–Crippen LogP) is 2.74. The Morgan fingerprint density at radius 2 is 2.14 bits per heavy atom. The van der Waals surface area contributed by atoms with Gasteiger partial charge in [0.1, 0.15) is 6.10 Å². The van der Waals surface area contributed by atoms with Crippen molar-refractivity contribution in [2.75, 3.05) is 26.7 Å². The third kappa shape index (κ3) is 7.63. The molecule has 122 valence electrons. The number of carbonyl (C=O) groups is 1. The molecule has 0 saturated heterocycles. The number of carbonyl (C=O) groups excluding carboxylic acids is 1. The first-order valence-electron chi connectivity index (χ1n) is 8.35. The van der Waals surface area contributed by atoms with Crippen molar-refractivity contribution in [3.8, 4) is 0 Å². The maximum atomic E-state index is 11.8. The molecule has 4 heteroatoms. The van der Waals surface area contributed by atoms with Crippen molar-refractivity contribution in [2.24, 2.45) is 0 Å². The van der Waals surface area contributed by atoms with E-state index in [4.69, 9.17) is 4.74 Å². The number of hydrogen-bond acceptors (Lipinski definition) is 3. The van der Waals surface area contributed by atoms with Crippen LogP contribution in [0.3, 0.4) is 0 Å². The van der Waals surface area contributed by atoms with Gasteiger partial charge in [0.25, 0.3) is 0 Å². The highest BCUT2D eigenvalue weighted by molar-refractivity contribution is 5.80. The Bertz CT molecular complexity index is 301. The van der Waals surface area contributed by atoms with Crippen molar-refractivity contribution in [1.29, 1.82) is 0 Å². The summed E-state index contributed by atoms with van der Waals surface area (Å²) in [5.41, 5.74) is 0. The van der Waals surface area contributed by atoms with E-state index in [1.165, 1.54) is 32.1 Å². The number of ether oxygens (including phenoxy) is 1. The first-order chi connectivity index (χ1) is 10.1. The summed E-state index contributed by atoms with van der Waals surface area (Å²) in [5, 5.41) is 2.95. The molecule has 0 aromatic carbocycles. The van der Waals surface area contributed by atoms with Crippen LogP contribution in [0.2, 0.25) is 0 Å². The predicted molar refractivity (Wildman–Crippen MR) is 87.4 cm³/mol. The molecule has 1 unspecified atom stereocenters. The van der Waals surface area contributed by atoms with Gasteiger partial charge in [0.05, 0.1) is 6.61 Å². The van der Waals surface area contributed by atoms with Gasteiger partial charge in [-0.3, -0.25) is 4.79 Å². The van der Waals surface area contributed by atoms with Gasteiger partial charge < -0.3 is 15.0 Å². The Labute approximate surface area is 129 Å². The van der Waals surface area contributed by atoms with Gasteiger partial charge in [-0.25, -0.2) is 0 Å². The van der Waals surface area contributed by atoms with Gasteiger partial charge in [0, 0.05) is 12.6 Å². The van der Waals surface area contributed by atoms with Crippen LogP contribution >= 0.6 is 0 Å². The van der Waals surface area contributed by atoms with Crippen LogP contribution in [0.1, 0.15) is 51.9 Å². The van der Waals surface area contributed by atoms with Crippen molar-refractivity contribution < 1.29 is 9.53 Å². The number of nitrogens with zero attached hydrogens (tertiary/aromatic N) is 1. The first-order valence-corrected chi connectivity index (χ1v) is 8.35. The second kappa shape index (κ2) is 10.8. The lowest BCUT2D eigenvalue weighted by atomic mass is 9.94. The zero-order chi connectivity index (χ0) is 15.5. The van der Waals surface area contributed by atoms with Gasteiger partial charge in [-0.15, -0.1) is 6.58 Å². The van der Waals surface area contributed by atoms with Gasteiger partial charge >= 0.3 is 0 Å². The lowest BCUT2D eigenvalue weighted by Gasteiger charge is -2.31. The molecule has 0 radical (unpaired) electrons. The highest BCUT2D eigenvalue weighted by Crippen LogP contribution is 2.21. The normalized spacial score (nSPS) is 17.7. The molecule has 0 aromatic rings. The standard InChI is InChI=1S/C17H32N2O2/c1-4-5-14-21-15(2)17(20)18-12-9-13-19(3)16-10-7-6-8-11-16/h4,15-16H,1,5-14H2,2-3H3,(H,18,20). The molecule has 1 aliphatic carbocycles. The fraction of sp³-hybridized carbons (Fsp3) is 0.824. The molecule has 1 fully saturated rings. The molecule has 1 saturated carbocycles. The summed E-state index contributed by atoms with van der Waals surface area (Å²) in [4.78, 5) is 14.3. The molecular weight excluding hydrogens is 264 g/mol. The van der Waals surface area contributed by atoms with Crippen LogP contribution in [0.25, 0.3) is 0 Å². The van der Waals surface area contributed by atoms with Gasteiger partial charge in [-0.1, -0.05) is 25.3 Å². The average molecular weight is 296 g/mol. The minimum Gasteiger partial charge on any atom is -0.368 e. The van der Waals surface area contributed by atoms with Crippen molar-refractivity contribution in [2.45, 2.75) is 64.0 Å². The average Bonchev–Trinajstić information content (AvgIpc) is 2.52. The van der Waals surface area contributed by atoms with Crippen molar-refractivity contribution in [3.05, 3.63) is 12.7 Å². The smallest absolute Gasteiger partial charge is 0.248 e. The fourth-order valence-electron chi connectivity index (χ4n) is 2.79. The van der Waals surface area contributed by atoms with Crippen LogP contribution < -0.4 is 5.32 Å². The molecule has 0 bridgehead atoms. The van der Waals surface area contributed by atoms with Crippen LogP contribution in [0, 0.1) is 0 Å². The lowest BCUT2D eigenvalue weighted by molar-refractivity contribution is -0.131. The van der Waals surface area contributed by atoms with Crippen molar-refractivity contribution >= 4 is 5.91 Å². The molecule has 21 heavy (non-hydrogen) atoms. The minimum atomic E-state index is -0.374. The van der Waals surface area contributed by atoms with Gasteiger partial charge in [0.2, 0.25) is 5.91 Å². The molecule has 0 aliphatic heterocycles. The Morgan fingerprint density at radius 1 is 1.43 bits per heavy atom. The lowest BCUT2D eigenvalue weighted by Crippen LogP contribution is -2.38. The van der Waals surface area contributed by atoms with E-state index in [1.54, 1.807) is 13.0 Å². The summed E-state index contributed by atoms with van der Waals surface area (Å²) in [7, 11) is 2.21. The van der Waals surface area contributed by atoms with E-state index in [0.29, 0.717) is 6.61 Å². The Balaban J connectivity index is 2.06. The third-order valence-electron chi connectivity index (χ3n) is 4.24. The molecule has 1 aliphatic rings. The summed E-state index contributed by atoms with van der Waals surface area (Å²) < 4.78 is 5.42. The zero-order valence-electron chi connectivity index (χ0n) is 13.8. The molecule has 4 nitrogen and oxygen atoms in total. The van der Waals surface area contributed by atoms with Crippen LogP contribution in [-0.2, 0) is 9.53 Å². The second-order valence-corrected chi connectivity index (χ2v) is 6.01. The van der Waals surface area contributed by atoms with Gasteiger partial charge in [0.15, 0.2) is 0 Å². The Kier molecular flexibility index (Phi) is 9.35. The van der Waals surface area contributed by atoms with Gasteiger partial charge in [-0.2, -0.15) is 0 Å². The molecule has 1 N–H and O–H groups in total. The van der Waals surface area contributed by atoms with Crippen molar-refractivity contribution in [1.82, 2.24) is 10.2 Å². The molecule has 1 amide bonds. The quantitative estimate of drug-likeness (QED) is 0.498. The Morgan fingerprint density at radius 3 is 2.81 bits per heavy atom. The zero-order valence-corrected chi connectivity index (χ0v) is 13.8. The molecule has 0 spiro atoms. The third-order valence-corrected chi connectivity index (χ3v) is 4.24. The first kappa shape index (κ1) is 18.2. The SMILES string of the molecule is C=CCCOC(C)C(=O)NCCCN(C)C1CCCCC1. The van der Waals surface area contributed by atoms with Gasteiger partial charge in [-0.05, 0) is 46.2 Å². The summed E-state index contributed by atoms with van der Waals surface area (Å²) in [5.74, 6) is -0.0145. The van der Waals surface area contributed by atoms with E-state index in [2.05, 4.69) is 23.8 Å². The molecule has 1 rings (SSSR count). The number of nitrogens with one attached hydrogen (secondary N) is 1. The van der Waals surface area contributed by atoms with E-state index in [9.17, 15) is 4.79 Å².